The highest BCUT2D eigenvalue weighted by Gasteiger charge is 2.19. The van der Waals surface area contributed by atoms with Crippen molar-refractivity contribution in [2.24, 2.45) is 4.99 Å². The number of benzene rings is 1. The number of halogens is 1. The molecule has 3 rings (SSSR count). The highest BCUT2D eigenvalue weighted by atomic mass is 19.1. The number of aromatic nitrogens is 1. The Labute approximate surface area is 172 Å². The number of oxazole rings is 1. The number of guanidine groups is 1. The van der Waals surface area contributed by atoms with Crippen molar-refractivity contribution in [2.45, 2.75) is 45.6 Å². The fourth-order valence-electron chi connectivity index (χ4n) is 3.56. The maximum Gasteiger partial charge on any atom is 0.226 e. The van der Waals surface area contributed by atoms with E-state index in [0.717, 1.165) is 49.7 Å². The van der Waals surface area contributed by atoms with E-state index >= 15 is 0 Å². The molecule has 1 saturated heterocycles. The van der Waals surface area contributed by atoms with Crippen molar-refractivity contribution in [2.75, 3.05) is 32.7 Å². The summed E-state index contributed by atoms with van der Waals surface area (Å²) in [5.41, 5.74) is 1.61. The summed E-state index contributed by atoms with van der Waals surface area (Å²) in [6.45, 7) is 9.26. The number of piperidine rings is 1. The monoisotopic (exact) mass is 401 g/mol. The highest BCUT2D eigenvalue weighted by molar-refractivity contribution is 5.80. The zero-order valence-electron chi connectivity index (χ0n) is 17.5. The number of hydrogen-bond donors (Lipinski definition) is 2. The molecule has 1 aromatic heterocycles. The number of nitrogens with zero attached hydrogens (tertiary/aromatic N) is 3. The van der Waals surface area contributed by atoms with E-state index in [2.05, 4.69) is 34.4 Å². The first-order chi connectivity index (χ1) is 14.2. The molecule has 0 atom stereocenters. The third-order valence-electron chi connectivity index (χ3n) is 5.09. The van der Waals surface area contributed by atoms with E-state index in [1.165, 1.54) is 25.1 Å². The van der Waals surface area contributed by atoms with Crippen molar-refractivity contribution in [3.05, 3.63) is 42.0 Å². The molecule has 2 N–H and O–H groups in total. The molecule has 6 nitrogen and oxygen atoms in total. The van der Waals surface area contributed by atoms with Crippen molar-refractivity contribution >= 4 is 5.96 Å². The first kappa shape index (κ1) is 21.3. The standard InChI is InChI=1S/C22H32FN5O/c1-3-13-28-14-10-19(11-15-28)27-22(24-4-2)25-12-9-20-16-29-21(26-20)17-5-7-18(23)8-6-17/h5-8,16,19H,3-4,9-15H2,1-2H3,(H2,24,25,27). The summed E-state index contributed by atoms with van der Waals surface area (Å²) in [7, 11) is 0. The van der Waals surface area contributed by atoms with Gasteiger partial charge in [0, 0.05) is 44.2 Å². The zero-order valence-corrected chi connectivity index (χ0v) is 17.5. The van der Waals surface area contributed by atoms with Crippen LogP contribution in [0, 0.1) is 5.82 Å². The smallest absolute Gasteiger partial charge is 0.226 e. The van der Waals surface area contributed by atoms with Crippen LogP contribution >= 0.6 is 0 Å². The molecule has 2 aromatic rings. The van der Waals surface area contributed by atoms with Gasteiger partial charge in [0.2, 0.25) is 5.89 Å². The Morgan fingerprint density at radius 3 is 2.69 bits per heavy atom. The summed E-state index contributed by atoms with van der Waals surface area (Å²) in [5.74, 6) is 1.10. The SMILES string of the molecule is CCCN1CCC(NC(=NCCc2coc(-c3ccc(F)cc3)n2)NCC)CC1. The number of nitrogens with one attached hydrogen (secondary N) is 2. The van der Waals surface area contributed by atoms with E-state index in [1.54, 1.807) is 18.4 Å². The van der Waals surface area contributed by atoms with Crippen molar-refractivity contribution in [3.63, 3.8) is 0 Å². The van der Waals surface area contributed by atoms with Gasteiger partial charge in [0.1, 0.15) is 12.1 Å². The lowest BCUT2D eigenvalue weighted by Crippen LogP contribution is -2.48. The average molecular weight is 402 g/mol. The number of hydrogen-bond acceptors (Lipinski definition) is 4. The largest absolute Gasteiger partial charge is 0.444 e. The molecule has 29 heavy (non-hydrogen) atoms. The maximum absolute atomic E-state index is 13.1. The molecule has 7 heteroatoms. The van der Waals surface area contributed by atoms with Gasteiger partial charge >= 0.3 is 0 Å². The van der Waals surface area contributed by atoms with Crippen LogP contribution in [0.1, 0.15) is 38.8 Å². The van der Waals surface area contributed by atoms with Gasteiger partial charge in [-0.05, 0) is 57.0 Å². The summed E-state index contributed by atoms with van der Waals surface area (Å²) in [4.78, 5) is 11.7. The van der Waals surface area contributed by atoms with Gasteiger partial charge in [-0.15, -0.1) is 0 Å². The van der Waals surface area contributed by atoms with Crippen molar-refractivity contribution in [3.8, 4) is 11.5 Å². The molecular formula is C22H32FN5O. The molecular weight excluding hydrogens is 369 g/mol. The normalized spacial score (nSPS) is 16.2. The Kier molecular flexibility index (Phi) is 8.04. The van der Waals surface area contributed by atoms with Gasteiger partial charge in [-0.25, -0.2) is 9.37 Å². The molecule has 158 valence electrons. The molecule has 0 spiro atoms. The minimum absolute atomic E-state index is 0.269. The summed E-state index contributed by atoms with van der Waals surface area (Å²) < 4.78 is 18.6. The topological polar surface area (TPSA) is 65.7 Å². The summed E-state index contributed by atoms with van der Waals surface area (Å²) in [6, 6.07) is 6.62. The lowest BCUT2D eigenvalue weighted by atomic mass is 10.1. The fourth-order valence-corrected chi connectivity index (χ4v) is 3.56. The lowest BCUT2D eigenvalue weighted by Gasteiger charge is -2.32. The van der Waals surface area contributed by atoms with Crippen molar-refractivity contribution in [1.82, 2.24) is 20.5 Å². The van der Waals surface area contributed by atoms with E-state index in [0.29, 0.717) is 24.9 Å². The van der Waals surface area contributed by atoms with E-state index in [1.807, 2.05) is 0 Å². The van der Waals surface area contributed by atoms with Gasteiger partial charge in [0.15, 0.2) is 5.96 Å². The number of likely N-dealkylation sites (tertiary alicyclic amines) is 1. The van der Waals surface area contributed by atoms with Crippen LogP contribution in [0.3, 0.4) is 0 Å². The van der Waals surface area contributed by atoms with E-state index in [-0.39, 0.29) is 5.82 Å². The Morgan fingerprint density at radius 2 is 2.00 bits per heavy atom. The second-order valence-corrected chi connectivity index (χ2v) is 7.42. The average Bonchev–Trinajstić information content (AvgIpc) is 3.19. The number of aliphatic imine (C=N–C) groups is 1. The summed E-state index contributed by atoms with van der Waals surface area (Å²) in [6.07, 6.45) is 5.85. The van der Waals surface area contributed by atoms with Crippen LogP contribution in [0.15, 0.2) is 39.9 Å². The number of rotatable bonds is 8. The third-order valence-corrected chi connectivity index (χ3v) is 5.09. The van der Waals surface area contributed by atoms with Gasteiger partial charge in [0.25, 0.3) is 0 Å². The molecule has 0 bridgehead atoms. The summed E-state index contributed by atoms with van der Waals surface area (Å²) in [5, 5.41) is 6.91. The van der Waals surface area contributed by atoms with E-state index < -0.39 is 0 Å². The predicted octanol–water partition coefficient (Wildman–Crippen LogP) is 3.45. The molecule has 1 aliphatic heterocycles. The Hall–Kier alpha value is -2.41. The zero-order chi connectivity index (χ0) is 20.5. The quantitative estimate of drug-likeness (QED) is 0.524. The van der Waals surface area contributed by atoms with Gasteiger partial charge in [0.05, 0.1) is 5.69 Å². The lowest BCUT2D eigenvalue weighted by molar-refractivity contribution is 0.206. The minimum atomic E-state index is -0.269. The van der Waals surface area contributed by atoms with Gasteiger partial charge in [-0.3, -0.25) is 4.99 Å². The first-order valence-corrected chi connectivity index (χ1v) is 10.7. The maximum atomic E-state index is 13.1. The van der Waals surface area contributed by atoms with Gasteiger partial charge < -0.3 is 20.0 Å². The van der Waals surface area contributed by atoms with Crippen LogP contribution in [-0.2, 0) is 6.42 Å². The highest BCUT2D eigenvalue weighted by Crippen LogP contribution is 2.19. The molecule has 1 fully saturated rings. The fraction of sp³-hybridized carbons (Fsp3) is 0.545. The van der Waals surface area contributed by atoms with Gasteiger partial charge in [-0.1, -0.05) is 6.92 Å². The van der Waals surface area contributed by atoms with Crippen LogP contribution in [0.4, 0.5) is 4.39 Å². The van der Waals surface area contributed by atoms with E-state index in [4.69, 9.17) is 9.41 Å². The predicted molar refractivity (Wildman–Crippen MR) is 114 cm³/mol. The molecule has 0 unspecified atom stereocenters. The van der Waals surface area contributed by atoms with Crippen molar-refractivity contribution < 1.29 is 8.81 Å². The van der Waals surface area contributed by atoms with Gasteiger partial charge in [-0.2, -0.15) is 0 Å². The summed E-state index contributed by atoms with van der Waals surface area (Å²) >= 11 is 0. The Morgan fingerprint density at radius 1 is 1.24 bits per heavy atom. The second kappa shape index (κ2) is 11.0. The van der Waals surface area contributed by atoms with Crippen molar-refractivity contribution in [1.29, 1.82) is 0 Å². The molecule has 1 aliphatic rings. The molecule has 0 amide bonds. The molecule has 1 aromatic carbocycles. The molecule has 2 heterocycles. The molecule has 0 saturated carbocycles. The molecule has 0 aliphatic carbocycles. The second-order valence-electron chi connectivity index (χ2n) is 7.42. The van der Waals surface area contributed by atoms with E-state index in [9.17, 15) is 4.39 Å². The molecule has 0 radical (unpaired) electrons. The van der Waals surface area contributed by atoms with Crippen LogP contribution in [0.5, 0.6) is 0 Å². The Bertz CT molecular complexity index is 766. The van der Waals surface area contributed by atoms with Crippen LogP contribution < -0.4 is 10.6 Å². The minimum Gasteiger partial charge on any atom is -0.444 e. The van der Waals surface area contributed by atoms with Crippen LogP contribution in [-0.4, -0.2) is 54.6 Å². The van der Waals surface area contributed by atoms with Crippen LogP contribution in [0.2, 0.25) is 0 Å². The first-order valence-electron chi connectivity index (χ1n) is 10.7. The Balaban J connectivity index is 1.50. The third kappa shape index (κ3) is 6.56. The van der Waals surface area contributed by atoms with Crippen LogP contribution in [0.25, 0.3) is 11.5 Å².